The molecule has 0 saturated carbocycles. The van der Waals surface area contributed by atoms with E-state index in [0.717, 1.165) is 37.2 Å². The van der Waals surface area contributed by atoms with Crippen molar-refractivity contribution in [2.45, 2.75) is 24.9 Å². The summed E-state index contributed by atoms with van der Waals surface area (Å²) in [7, 11) is 0. The zero-order valence-electron chi connectivity index (χ0n) is 13.1. The van der Waals surface area contributed by atoms with E-state index in [4.69, 9.17) is 5.26 Å². The second-order valence-corrected chi connectivity index (χ2v) is 6.08. The van der Waals surface area contributed by atoms with Gasteiger partial charge in [0.05, 0.1) is 11.7 Å². The van der Waals surface area contributed by atoms with Crippen LogP contribution in [-0.2, 0) is 0 Å². The molecule has 1 aromatic heterocycles. The lowest BCUT2D eigenvalue weighted by Crippen LogP contribution is -2.36. The number of hydrogen-bond donors (Lipinski definition) is 1. The molecule has 0 spiro atoms. The van der Waals surface area contributed by atoms with Gasteiger partial charge in [0.2, 0.25) is 0 Å². The number of rotatable bonds is 4. The third-order valence-corrected chi connectivity index (χ3v) is 4.54. The molecule has 1 aromatic carbocycles. The van der Waals surface area contributed by atoms with Gasteiger partial charge in [0, 0.05) is 24.4 Å². The number of aromatic nitrogens is 1. The Hall–Kier alpha value is -2.22. The van der Waals surface area contributed by atoms with E-state index in [1.165, 1.54) is 0 Å². The second-order valence-electron chi connectivity index (χ2n) is 6.08. The van der Waals surface area contributed by atoms with E-state index in [1.807, 2.05) is 42.5 Å². The van der Waals surface area contributed by atoms with Gasteiger partial charge < -0.3 is 10.0 Å². The Morgan fingerprint density at radius 1 is 1.17 bits per heavy atom. The first kappa shape index (κ1) is 15.7. The van der Waals surface area contributed by atoms with Gasteiger partial charge in [-0.1, -0.05) is 30.3 Å². The van der Waals surface area contributed by atoms with Crippen LogP contribution in [0, 0.1) is 11.3 Å². The smallest absolute Gasteiger partial charge is 0.101 e. The molecule has 1 saturated heterocycles. The fourth-order valence-corrected chi connectivity index (χ4v) is 3.15. The fourth-order valence-electron chi connectivity index (χ4n) is 3.15. The molecule has 1 aliphatic heterocycles. The third-order valence-electron chi connectivity index (χ3n) is 4.54. The highest BCUT2D eigenvalue weighted by atomic mass is 16.3. The average Bonchev–Trinajstić information content (AvgIpc) is 2.63. The van der Waals surface area contributed by atoms with Crippen molar-refractivity contribution in [2.75, 3.05) is 19.6 Å². The van der Waals surface area contributed by atoms with Gasteiger partial charge in [0.1, 0.15) is 6.07 Å². The van der Waals surface area contributed by atoms with Crippen LogP contribution in [0.1, 0.15) is 41.7 Å². The van der Waals surface area contributed by atoms with Gasteiger partial charge in [-0.2, -0.15) is 5.26 Å². The maximum atomic E-state index is 10.3. The van der Waals surface area contributed by atoms with Crippen LogP contribution in [-0.4, -0.2) is 34.6 Å². The minimum absolute atomic E-state index is 0.430. The number of piperidine rings is 1. The Labute approximate surface area is 137 Å². The summed E-state index contributed by atoms with van der Waals surface area (Å²) in [5, 5.41) is 19.2. The zero-order valence-corrected chi connectivity index (χ0v) is 13.1. The van der Waals surface area contributed by atoms with Crippen molar-refractivity contribution in [1.29, 1.82) is 5.26 Å². The molecule has 0 amide bonds. The topological polar surface area (TPSA) is 60.2 Å². The summed E-state index contributed by atoms with van der Waals surface area (Å²) in [6.45, 7) is 2.62. The molecular weight excluding hydrogens is 286 g/mol. The normalized spacial score (nSPS) is 17.6. The second kappa shape index (κ2) is 7.36. The molecule has 1 fully saturated rings. The predicted octanol–water partition coefficient (Wildman–Crippen LogP) is 2.87. The first-order valence-corrected chi connectivity index (χ1v) is 8.07. The summed E-state index contributed by atoms with van der Waals surface area (Å²) in [6.07, 6.45) is 3.31. The molecule has 0 bridgehead atoms. The highest BCUT2D eigenvalue weighted by Gasteiger charge is 2.23. The minimum Gasteiger partial charge on any atom is -0.387 e. The summed E-state index contributed by atoms with van der Waals surface area (Å²) in [6, 6.07) is 15.7. The van der Waals surface area contributed by atoms with Crippen molar-refractivity contribution in [3.8, 4) is 6.07 Å². The van der Waals surface area contributed by atoms with E-state index in [0.29, 0.717) is 18.0 Å². The molecule has 1 aliphatic rings. The summed E-state index contributed by atoms with van der Waals surface area (Å²) in [5.41, 5.74) is 2.66. The van der Waals surface area contributed by atoms with Crippen molar-refractivity contribution in [1.82, 2.24) is 9.88 Å². The molecule has 2 heterocycles. The van der Waals surface area contributed by atoms with Crippen LogP contribution in [0.15, 0.2) is 48.7 Å². The van der Waals surface area contributed by atoms with Crippen molar-refractivity contribution in [3.63, 3.8) is 0 Å². The quantitative estimate of drug-likeness (QED) is 0.943. The van der Waals surface area contributed by atoms with Gasteiger partial charge in [-0.15, -0.1) is 0 Å². The number of nitrogens with zero attached hydrogens (tertiary/aromatic N) is 3. The van der Waals surface area contributed by atoms with Crippen molar-refractivity contribution in [3.05, 3.63) is 65.5 Å². The average molecular weight is 307 g/mol. The Morgan fingerprint density at radius 3 is 2.52 bits per heavy atom. The molecule has 0 radical (unpaired) electrons. The van der Waals surface area contributed by atoms with Crippen molar-refractivity contribution in [2.24, 2.45) is 0 Å². The van der Waals surface area contributed by atoms with Gasteiger partial charge in [-0.05, 0) is 43.6 Å². The first-order chi connectivity index (χ1) is 11.3. The van der Waals surface area contributed by atoms with Crippen LogP contribution in [0.4, 0.5) is 0 Å². The number of nitriles is 1. The van der Waals surface area contributed by atoms with E-state index in [2.05, 4.69) is 16.0 Å². The van der Waals surface area contributed by atoms with Crippen LogP contribution < -0.4 is 0 Å². The molecule has 0 unspecified atom stereocenters. The molecule has 4 heteroatoms. The summed E-state index contributed by atoms with van der Waals surface area (Å²) in [4.78, 5) is 6.73. The van der Waals surface area contributed by atoms with E-state index >= 15 is 0 Å². The van der Waals surface area contributed by atoms with E-state index in [1.54, 1.807) is 6.20 Å². The highest BCUT2D eigenvalue weighted by Crippen LogP contribution is 2.27. The molecule has 23 heavy (non-hydrogen) atoms. The first-order valence-electron chi connectivity index (χ1n) is 8.07. The Morgan fingerprint density at radius 2 is 1.91 bits per heavy atom. The number of likely N-dealkylation sites (tertiary alicyclic amines) is 1. The van der Waals surface area contributed by atoms with Gasteiger partial charge in [0.15, 0.2) is 0 Å². The summed E-state index contributed by atoms with van der Waals surface area (Å²) < 4.78 is 0. The Balaban J connectivity index is 1.53. The van der Waals surface area contributed by atoms with Crippen LogP contribution in [0.3, 0.4) is 0 Å². The molecular formula is C19H21N3O. The van der Waals surface area contributed by atoms with E-state index < -0.39 is 6.10 Å². The van der Waals surface area contributed by atoms with Crippen LogP contribution in [0.5, 0.6) is 0 Å². The number of pyridine rings is 1. The lowest BCUT2D eigenvalue weighted by Gasteiger charge is -2.33. The highest BCUT2D eigenvalue weighted by molar-refractivity contribution is 5.27. The number of aliphatic hydroxyl groups is 1. The van der Waals surface area contributed by atoms with Crippen molar-refractivity contribution >= 4 is 0 Å². The lowest BCUT2D eigenvalue weighted by atomic mass is 9.92. The third kappa shape index (κ3) is 3.95. The van der Waals surface area contributed by atoms with Gasteiger partial charge in [-0.25, -0.2) is 0 Å². The largest absolute Gasteiger partial charge is 0.387 e. The fraction of sp³-hybridized carbons (Fsp3) is 0.368. The molecule has 4 nitrogen and oxygen atoms in total. The number of benzene rings is 1. The maximum Gasteiger partial charge on any atom is 0.101 e. The molecule has 118 valence electrons. The number of aliphatic hydroxyl groups excluding tert-OH is 1. The molecule has 2 aromatic rings. The standard InChI is InChI=1S/C19H21N3O/c20-12-15-6-7-18(21-13-15)16-8-10-22(11-9-16)14-19(23)17-4-2-1-3-5-17/h1-7,13,16,19,23H,8-11,14H2/t19-/m1/s1. The summed E-state index contributed by atoms with van der Waals surface area (Å²) >= 11 is 0. The van der Waals surface area contributed by atoms with Gasteiger partial charge in [-0.3, -0.25) is 4.98 Å². The van der Waals surface area contributed by atoms with E-state index in [-0.39, 0.29) is 0 Å². The van der Waals surface area contributed by atoms with Gasteiger partial charge in [0.25, 0.3) is 0 Å². The van der Waals surface area contributed by atoms with Crippen molar-refractivity contribution < 1.29 is 5.11 Å². The van der Waals surface area contributed by atoms with E-state index in [9.17, 15) is 5.11 Å². The van der Waals surface area contributed by atoms with Crippen LogP contribution >= 0.6 is 0 Å². The predicted molar refractivity (Wildman–Crippen MR) is 88.8 cm³/mol. The number of hydrogen-bond acceptors (Lipinski definition) is 4. The minimum atomic E-state index is -0.430. The van der Waals surface area contributed by atoms with Crippen LogP contribution in [0.25, 0.3) is 0 Å². The monoisotopic (exact) mass is 307 g/mol. The Kier molecular flexibility index (Phi) is 5.02. The lowest BCUT2D eigenvalue weighted by molar-refractivity contribution is 0.0969. The van der Waals surface area contributed by atoms with Crippen LogP contribution in [0.2, 0.25) is 0 Å². The molecule has 0 aliphatic carbocycles. The zero-order chi connectivity index (χ0) is 16.1. The summed E-state index contributed by atoms with van der Waals surface area (Å²) in [5.74, 6) is 0.452. The SMILES string of the molecule is N#Cc1ccc(C2CCN(C[C@@H](O)c3ccccc3)CC2)nc1. The molecule has 1 N–H and O–H groups in total. The number of β-amino-alcohol motifs (C(OH)–C–C–N with tert-alkyl or cyclic N) is 1. The Bertz CT molecular complexity index is 655. The molecule has 3 rings (SSSR count). The van der Waals surface area contributed by atoms with Gasteiger partial charge >= 0.3 is 0 Å². The molecule has 1 atom stereocenters. The maximum absolute atomic E-state index is 10.3.